The average Bonchev–Trinajstić information content (AvgIpc) is 2.79. The molecule has 2 unspecified atom stereocenters. The number of allylic oxidation sites excluding steroid dienone is 5. The third-order valence-electron chi connectivity index (χ3n) is 7.07. The number of hydrogen-bond donors (Lipinski definition) is 0. The summed E-state index contributed by atoms with van der Waals surface area (Å²) in [5, 5.41) is 1.69. The van der Waals surface area contributed by atoms with E-state index in [0.29, 0.717) is 36.7 Å². The lowest BCUT2D eigenvalue weighted by molar-refractivity contribution is -0.116. The van der Waals surface area contributed by atoms with E-state index in [9.17, 15) is 13.2 Å². The molecule has 0 radical (unpaired) electrons. The van der Waals surface area contributed by atoms with E-state index in [1.54, 1.807) is 10.4 Å². The third kappa shape index (κ3) is 3.70. The van der Waals surface area contributed by atoms with Gasteiger partial charge in [0.25, 0.3) is 0 Å². The maximum atomic E-state index is 13.8. The third-order valence-corrected chi connectivity index (χ3v) is 8.97. The Labute approximate surface area is 184 Å². The second-order valence-corrected chi connectivity index (χ2v) is 10.9. The Kier molecular flexibility index (Phi) is 5.19. The fourth-order valence-corrected chi connectivity index (χ4v) is 7.21. The summed E-state index contributed by atoms with van der Waals surface area (Å²) in [6.07, 6.45) is 14.1. The fourth-order valence-electron chi connectivity index (χ4n) is 5.47. The lowest BCUT2D eigenvalue weighted by Gasteiger charge is -2.47. The molecular weight excluding hydrogens is 406 g/mol. The van der Waals surface area contributed by atoms with Crippen molar-refractivity contribution in [1.82, 2.24) is 4.31 Å². The molecule has 0 bridgehead atoms. The zero-order valence-corrected chi connectivity index (χ0v) is 18.4. The van der Waals surface area contributed by atoms with Crippen molar-refractivity contribution in [3.05, 3.63) is 78.4 Å². The van der Waals surface area contributed by atoms with Crippen molar-refractivity contribution >= 4 is 26.6 Å². The van der Waals surface area contributed by atoms with Crippen LogP contribution in [0.5, 0.6) is 0 Å². The van der Waals surface area contributed by atoms with Crippen molar-refractivity contribution in [2.75, 3.05) is 13.1 Å². The molecule has 0 amide bonds. The number of sulfonamides is 1. The maximum Gasteiger partial charge on any atom is 0.243 e. The van der Waals surface area contributed by atoms with Crippen molar-refractivity contribution in [3.63, 3.8) is 0 Å². The van der Waals surface area contributed by atoms with Crippen LogP contribution in [0.2, 0.25) is 0 Å². The zero-order chi connectivity index (χ0) is 21.5. The Morgan fingerprint density at radius 1 is 1.03 bits per heavy atom. The van der Waals surface area contributed by atoms with Crippen LogP contribution in [0.1, 0.15) is 32.1 Å². The molecular formula is C26H27NO3S. The number of carbonyl (C=O) groups excluding carboxylic acids is 1. The summed E-state index contributed by atoms with van der Waals surface area (Å²) in [7, 11) is -3.64. The van der Waals surface area contributed by atoms with Crippen LogP contribution in [0.25, 0.3) is 10.8 Å². The number of benzene rings is 2. The van der Waals surface area contributed by atoms with Crippen molar-refractivity contribution in [2.24, 2.45) is 11.3 Å². The second kappa shape index (κ2) is 7.88. The molecule has 1 aliphatic heterocycles. The quantitative estimate of drug-likeness (QED) is 0.679. The van der Waals surface area contributed by atoms with Crippen LogP contribution < -0.4 is 0 Å². The van der Waals surface area contributed by atoms with E-state index in [2.05, 4.69) is 24.3 Å². The van der Waals surface area contributed by atoms with Crippen LogP contribution in [-0.2, 0) is 14.8 Å². The first-order valence-electron chi connectivity index (χ1n) is 11.0. The minimum absolute atomic E-state index is 0.176. The first-order chi connectivity index (χ1) is 15.0. The van der Waals surface area contributed by atoms with Gasteiger partial charge in [-0.1, -0.05) is 66.3 Å². The molecule has 0 N–H and O–H groups in total. The summed E-state index contributed by atoms with van der Waals surface area (Å²) >= 11 is 0. The number of carbonyl (C=O) groups is 1. The van der Waals surface area contributed by atoms with Crippen LogP contribution >= 0.6 is 0 Å². The summed E-state index contributed by atoms with van der Waals surface area (Å²) in [5.74, 6) is 0.553. The standard InChI is InChI=1S/C26H27NO3S/c28-23-13-15-26(18-20-7-2-1-3-8-20)19-27(16-14-22(26)17-23)31(29,30)25-12-6-10-21-9-4-5-11-24(21)25/h1-7,9-12,17,20H,8,13-16,18-19H2. The highest BCUT2D eigenvalue weighted by molar-refractivity contribution is 7.89. The first kappa shape index (κ1) is 20.4. The van der Waals surface area contributed by atoms with Crippen molar-refractivity contribution < 1.29 is 13.2 Å². The number of nitrogens with zero attached hydrogens (tertiary/aromatic N) is 1. The van der Waals surface area contributed by atoms with Gasteiger partial charge < -0.3 is 0 Å². The molecule has 1 fully saturated rings. The zero-order valence-electron chi connectivity index (χ0n) is 17.5. The molecule has 1 saturated heterocycles. The van der Waals surface area contributed by atoms with Gasteiger partial charge in [0, 0.05) is 30.3 Å². The minimum Gasteiger partial charge on any atom is -0.295 e. The van der Waals surface area contributed by atoms with Crippen molar-refractivity contribution in [3.8, 4) is 0 Å². The molecule has 2 aromatic carbocycles. The normalized spacial score (nSPS) is 26.6. The van der Waals surface area contributed by atoms with E-state index in [1.165, 1.54) is 0 Å². The summed E-state index contributed by atoms with van der Waals surface area (Å²) < 4.78 is 29.2. The first-order valence-corrected chi connectivity index (χ1v) is 12.5. The van der Waals surface area contributed by atoms with Crippen LogP contribution in [0.3, 0.4) is 0 Å². The average molecular weight is 434 g/mol. The topological polar surface area (TPSA) is 54.5 Å². The van der Waals surface area contributed by atoms with Crippen molar-refractivity contribution in [1.29, 1.82) is 0 Å². The number of hydrogen-bond acceptors (Lipinski definition) is 3. The molecule has 0 spiro atoms. The molecule has 0 aromatic heterocycles. The maximum absolute atomic E-state index is 13.8. The van der Waals surface area contributed by atoms with Gasteiger partial charge in [0.15, 0.2) is 5.78 Å². The largest absolute Gasteiger partial charge is 0.295 e. The minimum atomic E-state index is -3.64. The SMILES string of the molecule is O=C1C=C2CCN(S(=O)(=O)c3cccc4ccccc34)CC2(CC2C=CC=CC2)CC1. The lowest BCUT2D eigenvalue weighted by atomic mass is 9.64. The van der Waals surface area contributed by atoms with Gasteiger partial charge in [-0.15, -0.1) is 0 Å². The molecule has 1 heterocycles. The van der Waals surface area contributed by atoms with Gasteiger partial charge >= 0.3 is 0 Å². The number of piperidine rings is 1. The highest BCUT2D eigenvalue weighted by Gasteiger charge is 2.46. The molecule has 160 valence electrons. The fraction of sp³-hybridized carbons (Fsp3) is 0.346. The number of rotatable bonds is 4. The Balaban J connectivity index is 1.52. The van der Waals surface area contributed by atoms with Gasteiger partial charge in [-0.05, 0) is 49.1 Å². The molecule has 2 atom stereocenters. The van der Waals surface area contributed by atoms with Crippen LogP contribution in [0.15, 0.2) is 83.3 Å². The molecule has 31 heavy (non-hydrogen) atoms. The highest BCUT2D eigenvalue weighted by Crippen LogP contribution is 2.48. The van der Waals surface area contributed by atoms with Gasteiger partial charge in [0.05, 0.1) is 4.90 Å². The molecule has 2 aromatic rings. The molecule has 4 nitrogen and oxygen atoms in total. The van der Waals surface area contributed by atoms with E-state index >= 15 is 0 Å². The number of ketones is 1. The van der Waals surface area contributed by atoms with E-state index < -0.39 is 10.0 Å². The van der Waals surface area contributed by atoms with E-state index in [1.807, 2.05) is 42.5 Å². The summed E-state index contributed by atoms with van der Waals surface area (Å²) in [5.41, 5.74) is 0.889. The highest BCUT2D eigenvalue weighted by atomic mass is 32.2. The lowest BCUT2D eigenvalue weighted by Crippen LogP contribution is -2.49. The van der Waals surface area contributed by atoms with Crippen molar-refractivity contribution in [2.45, 2.75) is 37.0 Å². The van der Waals surface area contributed by atoms with Crippen LogP contribution in [0.4, 0.5) is 0 Å². The monoisotopic (exact) mass is 433 g/mol. The molecule has 2 aliphatic carbocycles. The van der Waals surface area contributed by atoms with E-state index in [0.717, 1.165) is 35.6 Å². The van der Waals surface area contributed by atoms with Gasteiger partial charge in [-0.2, -0.15) is 4.31 Å². The predicted octanol–water partition coefficient (Wildman–Crippen LogP) is 5.03. The van der Waals surface area contributed by atoms with E-state index in [4.69, 9.17) is 0 Å². The number of fused-ring (bicyclic) bond motifs is 2. The summed E-state index contributed by atoms with van der Waals surface area (Å²) in [6.45, 7) is 0.874. The van der Waals surface area contributed by atoms with Gasteiger partial charge in [0.1, 0.15) is 0 Å². The summed E-state index contributed by atoms with van der Waals surface area (Å²) in [4.78, 5) is 12.5. The molecule has 5 heteroatoms. The summed E-state index contributed by atoms with van der Waals surface area (Å²) in [6, 6.07) is 13.1. The molecule has 0 saturated carbocycles. The molecule has 3 aliphatic rings. The van der Waals surface area contributed by atoms with Crippen LogP contribution in [0, 0.1) is 11.3 Å². The Morgan fingerprint density at radius 2 is 1.87 bits per heavy atom. The van der Waals surface area contributed by atoms with Gasteiger partial charge in [-0.25, -0.2) is 8.42 Å². The molecule has 5 rings (SSSR count). The second-order valence-electron chi connectivity index (χ2n) is 9.00. The van der Waals surface area contributed by atoms with Crippen LogP contribution in [-0.4, -0.2) is 31.6 Å². The Bertz CT molecular complexity index is 1220. The predicted molar refractivity (Wildman–Crippen MR) is 123 cm³/mol. The Hall–Kier alpha value is -2.50. The van der Waals surface area contributed by atoms with E-state index in [-0.39, 0.29) is 11.2 Å². The smallest absolute Gasteiger partial charge is 0.243 e. The Morgan fingerprint density at radius 3 is 2.71 bits per heavy atom. The van der Waals surface area contributed by atoms with Gasteiger partial charge in [-0.3, -0.25) is 4.79 Å². The van der Waals surface area contributed by atoms with Gasteiger partial charge in [0.2, 0.25) is 10.0 Å².